The quantitative estimate of drug-likeness (QED) is 0.513. The first-order chi connectivity index (χ1) is 11.7. The lowest BCUT2D eigenvalue weighted by atomic mass is 9.96. The summed E-state index contributed by atoms with van der Waals surface area (Å²) in [4.78, 5) is 0. The summed E-state index contributed by atoms with van der Waals surface area (Å²) in [6.07, 6.45) is 0.752. The maximum atomic E-state index is 6.03. The van der Waals surface area contributed by atoms with Crippen molar-refractivity contribution in [2.45, 2.75) is 32.5 Å². The third kappa shape index (κ3) is 3.60. The molecule has 0 saturated heterocycles. The Labute approximate surface area is 144 Å². The smallest absolute Gasteiger partial charge is 0.226 e. The highest BCUT2D eigenvalue weighted by molar-refractivity contribution is 5.84. The molecule has 0 aromatic heterocycles. The molecule has 0 aliphatic heterocycles. The van der Waals surface area contributed by atoms with Crippen LogP contribution in [0.2, 0.25) is 0 Å². The van der Waals surface area contributed by atoms with Gasteiger partial charge < -0.3 is 9.47 Å². The summed E-state index contributed by atoms with van der Waals surface area (Å²) in [5.74, 6) is 1.40. The summed E-state index contributed by atoms with van der Waals surface area (Å²) in [6.45, 7) is 4.49. The highest BCUT2D eigenvalue weighted by Crippen LogP contribution is 2.29. The standard InChI is InChI=1S/C22H24O2/c1-4-16(2)18-10-11-20-15-21(13-12-19(20)14-18)24-22(23-3)17-8-6-5-7-9-17/h5-16,22H,4H2,1-3H3. The van der Waals surface area contributed by atoms with Crippen molar-refractivity contribution in [3.05, 3.63) is 77.9 Å². The van der Waals surface area contributed by atoms with Gasteiger partial charge in [0.05, 0.1) is 0 Å². The highest BCUT2D eigenvalue weighted by atomic mass is 16.7. The second-order valence-corrected chi connectivity index (χ2v) is 6.17. The molecular weight excluding hydrogens is 296 g/mol. The molecule has 24 heavy (non-hydrogen) atoms. The summed E-state index contributed by atoms with van der Waals surface area (Å²) >= 11 is 0. The third-order valence-electron chi connectivity index (χ3n) is 4.55. The molecule has 0 bridgehead atoms. The fraction of sp³-hybridized carbons (Fsp3) is 0.273. The number of fused-ring (bicyclic) bond motifs is 1. The van der Waals surface area contributed by atoms with Crippen LogP contribution in [0.25, 0.3) is 10.8 Å². The molecule has 0 saturated carbocycles. The zero-order valence-electron chi connectivity index (χ0n) is 14.5. The summed E-state index contributed by atoms with van der Waals surface area (Å²) in [5, 5.41) is 2.43. The number of hydrogen-bond acceptors (Lipinski definition) is 2. The number of benzene rings is 3. The van der Waals surface area contributed by atoms with E-state index in [1.807, 2.05) is 36.4 Å². The average Bonchev–Trinajstić information content (AvgIpc) is 2.65. The van der Waals surface area contributed by atoms with Crippen molar-refractivity contribution in [2.75, 3.05) is 7.11 Å². The Morgan fingerprint density at radius 1 is 0.833 bits per heavy atom. The zero-order chi connectivity index (χ0) is 16.9. The van der Waals surface area contributed by atoms with Gasteiger partial charge in [-0.25, -0.2) is 0 Å². The van der Waals surface area contributed by atoms with Crippen molar-refractivity contribution in [1.82, 2.24) is 0 Å². The fourth-order valence-electron chi connectivity index (χ4n) is 2.84. The van der Waals surface area contributed by atoms with Gasteiger partial charge in [-0.15, -0.1) is 0 Å². The largest absolute Gasteiger partial charge is 0.461 e. The molecule has 2 nitrogen and oxygen atoms in total. The Morgan fingerprint density at radius 2 is 1.54 bits per heavy atom. The van der Waals surface area contributed by atoms with E-state index in [-0.39, 0.29) is 0 Å². The molecule has 0 aliphatic rings. The molecule has 124 valence electrons. The zero-order valence-corrected chi connectivity index (χ0v) is 14.5. The third-order valence-corrected chi connectivity index (χ3v) is 4.55. The van der Waals surface area contributed by atoms with Crippen LogP contribution in [0.3, 0.4) is 0 Å². The predicted octanol–water partition coefficient (Wildman–Crippen LogP) is 6.08. The van der Waals surface area contributed by atoms with E-state index in [2.05, 4.69) is 44.2 Å². The second kappa shape index (κ2) is 7.50. The molecule has 0 fully saturated rings. The first-order valence-corrected chi connectivity index (χ1v) is 8.49. The molecule has 0 radical (unpaired) electrons. The van der Waals surface area contributed by atoms with Crippen molar-refractivity contribution < 1.29 is 9.47 Å². The fourth-order valence-corrected chi connectivity index (χ4v) is 2.84. The minimum atomic E-state index is -0.400. The number of hydrogen-bond donors (Lipinski definition) is 0. The molecule has 3 rings (SSSR count). The van der Waals surface area contributed by atoms with Crippen LogP contribution in [0.4, 0.5) is 0 Å². The molecule has 0 N–H and O–H groups in total. The van der Waals surface area contributed by atoms with Gasteiger partial charge in [0.15, 0.2) is 0 Å². The van der Waals surface area contributed by atoms with E-state index < -0.39 is 6.29 Å². The Kier molecular flexibility index (Phi) is 5.17. The van der Waals surface area contributed by atoms with Crippen LogP contribution in [0.5, 0.6) is 5.75 Å². The van der Waals surface area contributed by atoms with E-state index in [0.717, 1.165) is 17.7 Å². The minimum Gasteiger partial charge on any atom is -0.461 e. The monoisotopic (exact) mass is 320 g/mol. The van der Waals surface area contributed by atoms with Gasteiger partial charge >= 0.3 is 0 Å². The summed E-state index contributed by atoms with van der Waals surface area (Å²) in [5.41, 5.74) is 2.39. The second-order valence-electron chi connectivity index (χ2n) is 6.17. The van der Waals surface area contributed by atoms with Crippen LogP contribution in [0.15, 0.2) is 66.7 Å². The molecule has 0 aliphatic carbocycles. The van der Waals surface area contributed by atoms with Crippen molar-refractivity contribution in [3.63, 3.8) is 0 Å². The minimum absolute atomic E-state index is 0.400. The summed E-state index contributed by atoms with van der Waals surface area (Å²) in [6, 6.07) is 22.8. The van der Waals surface area contributed by atoms with E-state index >= 15 is 0 Å². The highest BCUT2D eigenvalue weighted by Gasteiger charge is 2.12. The van der Waals surface area contributed by atoms with Crippen LogP contribution >= 0.6 is 0 Å². The number of rotatable bonds is 6. The SMILES string of the molecule is CCC(C)c1ccc2cc(OC(OC)c3ccccc3)ccc2c1. The topological polar surface area (TPSA) is 18.5 Å². The molecule has 2 atom stereocenters. The normalized spacial score (nSPS) is 13.6. The van der Waals surface area contributed by atoms with Crippen molar-refractivity contribution >= 4 is 10.8 Å². The maximum Gasteiger partial charge on any atom is 0.226 e. The van der Waals surface area contributed by atoms with E-state index in [9.17, 15) is 0 Å². The molecular formula is C22H24O2. The van der Waals surface area contributed by atoms with Gasteiger partial charge in [-0.3, -0.25) is 0 Å². The van der Waals surface area contributed by atoms with Gasteiger partial charge in [0.1, 0.15) is 5.75 Å². The molecule has 0 spiro atoms. The van der Waals surface area contributed by atoms with Crippen molar-refractivity contribution in [3.8, 4) is 5.75 Å². The molecule has 0 heterocycles. The van der Waals surface area contributed by atoms with Crippen LogP contribution in [-0.2, 0) is 4.74 Å². The van der Waals surface area contributed by atoms with Crippen molar-refractivity contribution in [2.24, 2.45) is 0 Å². The maximum absolute atomic E-state index is 6.03. The van der Waals surface area contributed by atoms with Gasteiger partial charge in [0.2, 0.25) is 6.29 Å². The first-order valence-electron chi connectivity index (χ1n) is 8.49. The van der Waals surface area contributed by atoms with E-state index in [4.69, 9.17) is 9.47 Å². The van der Waals surface area contributed by atoms with Crippen LogP contribution in [0, 0.1) is 0 Å². The van der Waals surface area contributed by atoms with E-state index in [0.29, 0.717) is 5.92 Å². The van der Waals surface area contributed by atoms with Gasteiger partial charge in [-0.2, -0.15) is 0 Å². The van der Waals surface area contributed by atoms with E-state index in [1.54, 1.807) is 7.11 Å². The number of methoxy groups -OCH3 is 1. The first kappa shape index (κ1) is 16.5. The van der Waals surface area contributed by atoms with Gasteiger partial charge in [0.25, 0.3) is 0 Å². The Hall–Kier alpha value is -2.32. The van der Waals surface area contributed by atoms with Gasteiger partial charge in [0, 0.05) is 12.7 Å². The lowest BCUT2D eigenvalue weighted by Gasteiger charge is -2.18. The van der Waals surface area contributed by atoms with Crippen LogP contribution in [0.1, 0.15) is 43.6 Å². The Bertz CT molecular complexity index is 795. The van der Waals surface area contributed by atoms with Gasteiger partial charge in [-0.05, 0) is 40.8 Å². The van der Waals surface area contributed by atoms with Crippen molar-refractivity contribution in [1.29, 1.82) is 0 Å². The van der Waals surface area contributed by atoms with Crippen LogP contribution in [-0.4, -0.2) is 7.11 Å². The molecule has 2 unspecified atom stereocenters. The lowest BCUT2D eigenvalue weighted by Crippen LogP contribution is -2.09. The summed E-state index contributed by atoms with van der Waals surface area (Å²) < 4.78 is 11.5. The van der Waals surface area contributed by atoms with Gasteiger partial charge in [-0.1, -0.05) is 68.4 Å². The molecule has 0 amide bonds. The van der Waals surface area contributed by atoms with E-state index in [1.165, 1.54) is 16.3 Å². The summed E-state index contributed by atoms with van der Waals surface area (Å²) in [7, 11) is 1.66. The lowest BCUT2D eigenvalue weighted by molar-refractivity contribution is -0.0561. The number of ether oxygens (including phenoxy) is 2. The molecule has 3 aromatic rings. The predicted molar refractivity (Wildman–Crippen MR) is 99.5 cm³/mol. The average molecular weight is 320 g/mol. The Morgan fingerprint density at radius 3 is 2.25 bits per heavy atom. The molecule has 2 heteroatoms. The van der Waals surface area contributed by atoms with Crippen LogP contribution < -0.4 is 4.74 Å². The molecule has 3 aromatic carbocycles. The Balaban J connectivity index is 1.85.